The normalized spacial score (nSPS) is 16.5. The first-order valence-corrected chi connectivity index (χ1v) is 10.9. The van der Waals surface area contributed by atoms with E-state index in [2.05, 4.69) is 5.32 Å². The highest BCUT2D eigenvalue weighted by Crippen LogP contribution is 2.21. The Morgan fingerprint density at radius 2 is 1.64 bits per heavy atom. The lowest BCUT2D eigenvalue weighted by Crippen LogP contribution is -2.35. The number of rotatable bonds is 6. The lowest BCUT2D eigenvalue weighted by molar-refractivity contribution is -0.121. The van der Waals surface area contributed by atoms with Crippen molar-refractivity contribution in [2.45, 2.75) is 43.5 Å². The summed E-state index contributed by atoms with van der Waals surface area (Å²) in [5, 5.41) is 2.87. The molecule has 28 heavy (non-hydrogen) atoms. The summed E-state index contributed by atoms with van der Waals surface area (Å²) >= 11 is 0. The lowest BCUT2D eigenvalue weighted by Gasteiger charge is -2.25. The molecule has 0 saturated carbocycles. The van der Waals surface area contributed by atoms with Gasteiger partial charge >= 0.3 is 0 Å². The maximum Gasteiger partial charge on any atom is 0.243 e. The fraction of sp³-hybridized carbons (Fsp3) is 0.381. The van der Waals surface area contributed by atoms with Crippen LogP contribution < -0.4 is 5.32 Å². The van der Waals surface area contributed by atoms with Gasteiger partial charge in [-0.3, -0.25) is 4.79 Å². The van der Waals surface area contributed by atoms with Crippen molar-refractivity contribution in [2.75, 3.05) is 13.1 Å². The van der Waals surface area contributed by atoms with Crippen molar-refractivity contribution in [2.24, 2.45) is 0 Å². The Balaban J connectivity index is 1.60. The zero-order valence-corrected chi connectivity index (χ0v) is 16.7. The van der Waals surface area contributed by atoms with Crippen molar-refractivity contribution in [3.8, 4) is 0 Å². The monoisotopic (exact) mass is 404 g/mol. The van der Waals surface area contributed by atoms with E-state index in [0.717, 1.165) is 30.4 Å². The predicted molar refractivity (Wildman–Crippen MR) is 106 cm³/mol. The first-order valence-electron chi connectivity index (χ1n) is 9.50. The average Bonchev–Trinajstić information content (AvgIpc) is 2.69. The number of carbonyl (C=O) groups excluding carboxylic acids is 1. The Labute approximate surface area is 165 Å². The molecule has 2 aromatic rings. The molecule has 0 radical (unpaired) electrons. The second-order valence-corrected chi connectivity index (χ2v) is 9.06. The van der Waals surface area contributed by atoms with Crippen LogP contribution in [0.4, 0.5) is 4.39 Å². The maximum absolute atomic E-state index is 13.0. The fourth-order valence-corrected chi connectivity index (χ4v) is 4.86. The van der Waals surface area contributed by atoms with Crippen molar-refractivity contribution in [1.29, 1.82) is 0 Å². The molecule has 7 heteroatoms. The molecular weight excluding hydrogens is 379 g/mol. The van der Waals surface area contributed by atoms with Gasteiger partial charge in [-0.15, -0.1) is 0 Å². The van der Waals surface area contributed by atoms with E-state index in [-0.39, 0.29) is 29.1 Å². The third-order valence-electron chi connectivity index (χ3n) is 4.99. The molecule has 0 bridgehead atoms. The lowest BCUT2D eigenvalue weighted by atomic mass is 10.1. The Morgan fingerprint density at radius 3 is 2.25 bits per heavy atom. The minimum atomic E-state index is -3.46. The molecule has 1 atom stereocenters. The van der Waals surface area contributed by atoms with Crippen molar-refractivity contribution in [3.05, 3.63) is 65.5 Å². The van der Waals surface area contributed by atoms with Crippen LogP contribution in [0, 0.1) is 5.82 Å². The van der Waals surface area contributed by atoms with E-state index in [0.29, 0.717) is 13.1 Å². The summed E-state index contributed by atoms with van der Waals surface area (Å²) in [6, 6.07) is 12.2. The number of benzene rings is 2. The van der Waals surface area contributed by atoms with Crippen molar-refractivity contribution in [3.63, 3.8) is 0 Å². The number of amides is 1. The highest BCUT2D eigenvalue weighted by Gasteiger charge is 2.25. The van der Waals surface area contributed by atoms with E-state index in [1.54, 1.807) is 36.4 Å². The van der Waals surface area contributed by atoms with E-state index in [1.807, 2.05) is 6.92 Å². The topological polar surface area (TPSA) is 66.5 Å². The van der Waals surface area contributed by atoms with E-state index >= 15 is 0 Å². The number of sulfonamides is 1. The van der Waals surface area contributed by atoms with Gasteiger partial charge in [0, 0.05) is 13.1 Å². The van der Waals surface area contributed by atoms with Crippen LogP contribution in [0.5, 0.6) is 0 Å². The Morgan fingerprint density at radius 1 is 1.04 bits per heavy atom. The fourth-order valence-electron chi connectivity index (χ4n) is 3.35. The first-order chi connectivity index (χ1) is 13.4. The van der Waals surface area contributed by atoms with Crippen molar-refractivity contribution in [1.82, 2.24) is 9.62 Å². The highest BCUT2D eigenvalue weighted by atomic mass is 32.2. The first kappa shape index (κ1) is 20.5. The molecule has 3 rings (SSSR count). The van der Waals surface area contributed by atoms with Crippen LogP contribution in [0.15, 0.2) is 53.4 Å². The zero-order chi connectivity index (χ0) is 20.1. The smallest absolute Gasteiger partial charge is 0.243 e. The molecule has 5 nitrogen and oxygen atoms in total. The molecule has 2 aromatic carbocycles. The molecule has 1 saturated heterocycles. The van der Waals surface area contributed by atoms with Crippen LogP contribution in [-0.4, -0.2) is 31.7 Å². The summed E-state index contributed by atoms with van der Waals surface area (Å²) in [6.07, 6.45) is 3.00. The van der Waals surface area contributed by atoms with Gasteiger partial charge in [0.1, 0.15) is 5.82 Å². The van der Waals surface area contributed by atoms with E-state index in [9.17, 15) is 17.6 Å². The van der Waals surface area contributed by atoms with Gasteiger partial charge < -0.3 is 5.32 Å². The Kier molecular flexibility index (Phi) is 6.46. The molecule has 0 unspecified atom stereocenters. The molecule has 1 aliphatic heterocycles. The number of carbonyl (C=O) groups is 1. The Hall–Kier alpha value is -2.25. The van der Waals surface area contributed by atoms with Crippen LogP contribution in [0.2, 0.25) is 0 Å². The van der Waals surface area contributed by atoms with Gasteiger partial charge in [-0.05, 0) is 55.2 Å². The number of nitrogens with one attached hydrogen (secondary N) is 1. The quantitative estimate of drug-likeness (QED) is 0.802. The van der Waals surface area contributed by atoms with Gasteiger partial charge in [0.25, 0.3) is 0 Å². The third-order valence-corrected chi connectivity index (χ3v) is 6.90. The zero-order valence-electron chi connectivity index (χ0n) is 15.9. The third kappa shape index (κ3) is 4.97. The van der Waals surface area contributed by atoms with Gasteiger partial charge in [0.15, 0.2) is 0 Å². The second-order valence-electron chi connectivity index (χ2n) is 7.13. The molecule has 1 amide bonds. The second kappa shape index (κ2) is 8.84. The van der Waals surface area contributed by atoms with Crippen molar-refractivity contribution < 1.29 is 17.6 Å². The Bertz CT molecular complexity index is 906. The van der Waals surface area contributed by atoms with Gasteiger partial charge in [-0.1, -0.05) is 30.7 Å². The molecule has 150 valence electrons. The van der Waals surface area contributed by atoms with Crippen LogP contribution >= 0.6 is 0 Å². The number of nitrogens with zero attached hydrogens (tertiary/aromatic N) is 1. The highest BCUT2D eigenvalue weighted by molar-refractivity contribution is 7.89. The standard InChI is InChI=1S/C21H25FN2O3S/c1-16(18-7-9-19(22)10-8-18)23-21(25)15-17-5-11-20(12-6-17)28(26,27)24-13-3-2-4-14-24/h5-12,16H,2-4,13-15H2,1H3,(H,23,25)/t16-/m0/s1. The molecule has 1 fully saturated rings. The van der Waals surface area contributed by atoms with Crippen LogP contribution in [0.25, 0.3) is 0 Å². The summed E-state index contributed by atoms with van der Waals surface area (Å²) in [4.78, 5) is 12.5. The number of hydrogen-bond acceptors (Lipinski definition) is 3. The minimum Gasteiger partial charge on any atom is -0.349 e. The van der Waals surface area contributed by atoms with Crippen LogP contribution in [0.1, 0.15) is 43.4 Å². The minimum absolute atomic E-state index is 0.148. The summed E-state index contributed by atoms with van der Waals surface area (Å²) in [5.41, 5.74) is 1.55. The van der Waals surface area contributed by atoms with Crippen LogP contribution in [0.3, 0.4) is 0 Å². The van der Waals surface area contributed by atoms with Gasteiger partial charge in [0.05, 0.1) is 17.4 Å². The van der Waals surface area contributed by atoms with E-state index < -0.39 is 10.0 Å². The van der Waals surface area contributed by atoms with E-state index in [1.165, 1.54) is 16.4 Å². The van der Waals surface area contributed by atoms with Gasteiger partial charge in [-0.25, -0.2) is 12.8 Å². The van der Waals surface area contributed by atoms with E-state index in [4.69, 9.17) is 0 Å². The largest absolute Gasteiger partial charge is 0.349 e. The summed E-state index contributed by atoms with van der Waals surface area (Å²) < 4.78 is 39.9. The SMILES string of the molecule is C[C@H](NC(=O)Cc1ccc(S(=O)(=O)N2CCCCC2)cc1)c1ccc(F)cc1. The molecule has 1 aliphatic rings. The molecule has 0 aliphatic carbocycles. The molecular formula is C21H25FN2O3S. The molecule has 0 spiro atoms. The van der Waals surface area contributed by atoms with Crippen LogP contribution in [-0.2, 0) is 21.2 Å². The molecule has 0 aromatic heterocycles. The van der Waals surface area contributed by atoms with Gasteiger partial charge in [0.2, 0.25) is 15.9 Å². The van der Waals surface area contributed by atoms with Crippen molar-refractivity contribution >= 4 is 15.9 Å². The summed E-state index contributed by atoms with van der Waals surface area (Å²) in [5.74, 6) is -0.495. The summed E-state index contributed by atoms with van der Waals surface area (Å²) in [6.45, 7) is 2.96. The molecule has 1 N–H and O–H groups in total. The average molecular weight is 405 g/mol. The number of piperidine rings is 1. The number of halogens is 1. The molecule has 1 heterocycles. The van der Waals surface area contributed by atoms with Gasteiger partial charge in [-0.2, -0.15) is 4.31 Å². The predicted octanol–water partition coefficient (Wildman–Crippen LogP) is 3.42. The maximum atomic E-state index is 13.0. The summed E-state index contributed by atoms with van der Waals surface area (Å²) in [7, 11) is -3.46. The number of hydrogen-bond donors (Lipinski definition) is 1.